The van der Waals surface area contributed by atoms with Crippen molar-refractivity contribution in [2.24, 2.45) is 17.8 Å². The number of unbranched alkanes of at least 4 members (excludes halogenated alkanes) is 11. The van der Waals surface area contributed by atoms with E-state index in [1.807, 2.05) is 0 Å². The molecule has 0 saturated heterocycles. The van der Waals surface area contributed by atoms with E-state index in [1.54, 1.807) is 6.42 Å². The largest absolute Gasteiger partial charge is 0.463 e. The topological polar surface area (TPSA) is 66.8 Å². The lowest BCUT2D eigenvalue weighted by molar-refractivity contribution is -0.147. The van der Waals surface area contributed by atoms with Crippen LogP contribution in [0.25, 0.3) is 0 Å². The zero-order chi connectivity index (χ0) is 25.0. The summed E-state index contributed by atoms with van der Waals surface area (Å²) in [6.07, 6.45) is 32.8. The molecule has 4 unspecified atom stereocenters. The van der Waals surface area contributed by atoms with Crippen molar-refractivity contribution in [3.8, 4) is 0 Å². The van der Waals surface area contributed by atoms with Gasteiger partial charge >= 0.3 is 5.97 Å². The van der Waals surface area contributed by atoms with Crippen LogP contribution in [0, 0.1) is 17.8 Å². The lowest BCUT2D eigenvalue weighted by Gasteiger charge is -2.41. The van der Waals surface area contributed by atoms with E-state index in [2.05, 4.69) is 12.2 Å². The molecule has 4 nitrogen and oxygen atoms in total. The first-order valence-electron chi connectivity index (χ1n) is 15.3. The smallest absolute Gasteiger partial charge is 0.305 e. The molecule has 0 aromatic carbocycles. The Hall–Kier alpha value is -0.870. The number of fused-ring (bicyclic) bond motifs is 1. The normalized spacial score (nSPS) is 23.3. The molecule has 0 amide bonds. The molecule has 2 fully saturated rings. The minimum Gasteiger partial charge on any atom is -0.463 e. The van der Waals surface area contributed by atoms with Crippen LogP contribution in [0.4, 0.5) is 0 Å². The first kappa shape index (κ1) is 30.4. The molecule has 2 saturated carbocycles. The second-order valence-electron chi connectivity index (χ2n) is 11.4. The minimum atomic E-state index is -0.961. The maximum atomic E-state index is 11.5. The van der Waals surface area contributed by atoms with E-state index in [9.17, 15) is 4.79 Å². The molecule has 2 aliphatic carbocycles. The van der Waals surface area contributed by atoms with Crippen LogP contribution in [0.1, 0.15) is 141 Å². The van der Waals surface area contributed by atoms with Crippen LogP contribution in [-0.2, 0) is 9.53 Å². The molecular weight excluding hydrogens is 436 g/mol. The minimum absolute atomic E-state index is 0.108. The van der Waals surface area contributed by atoms with Crippen LogP contribution in [0.15, 0.2) is 12.2 Å². The number of hydrogen-bond donors (Lipinski definition) is 2. The highest BCUT2D eigenvalue weighted by Gasteiger charge is 2.34. The monoisotopic (exact) mass is 492 g/mol. The Bertz CT molecular complexity index is 544. The Balaban J connectivity index is 1.29. The summed E-state index contributed by atoms with van der Waals surface area (Å²) in [5.41, 5.74) is 0. The molecule has 0 heterocycles. The number of aliphatic hydroxyl groups excluding tert-OH is 2. The van der Waals surface area contributed by atoms with Crippen molar-refractivity contribution in [3.05, 3.63) is 12.2 Å². The van der Waals surface area contributed by atoms with E-state index in [-0.39, 0.29) is 19.2 Å². The maximum absolute atomic E-state index is 11.5. The quantitative estimate of drug-likeness (QED) is 0.103. The number of rotatable bonds is 20. The van der Waals surface area contributed by atoms with Crippen LogP contribution < -0.4 is 0 Å². The van der Waals surface area contributed by atoms with Crippen molar-refractivity contribution >= 4 is 5.97 Å². The third kappa shape index (κ3) is 14.5. The summed E-state index contributed by atoms with van der Waals surface area (Å²) in [7, 11) is 0. The van der Waals surface area contributed by atoms with Gasteiger partial charge in [0.25, 0.3) is 0 Å². The molecular formula is C31H56O4. The second-order valence-corrected chi connectivity index (χ2v) is 11.4. The van der Waals surface area contributed by atoms with Gasteiger partial charge in [0.2, 0.25) is 0 Å². The highest BCUT2D eigenvalue weighted by Crippen LogP contribution is 2.45. The SMILES string of the molecule is O=C(CCCCCCC/C=C\CCCCCCCCC1CCCC2CCCCC12)OCC(O)CO. The van der Waals surface area contributed by atoms with Crippen LogP contribution in [0.3, 0.4) is 0 Å². The van der Waals surface area contributed by atoms with Crippen molar-refractivity contribution in [2.75, 3.05) is 13.2 Å². The van der Waals surface area contributed by atoms with Crippen LogP contribution in [0.5, 0.6) is 0 Å². The third-order valence-electron chi connectivity index (χ3n) is 8.48. The van der Waals surface area contributed by atoms with E-state index in [1.165, 1.54) is 109 Å². The van der Waals surface area contributed by atoms with Gasteiger partial charge in [-0.3, -0.25) is 4.79 Å². The van der Waals surface area contributed by atoms with Crippen LogP contribution in [0.2, 0.25) is 0 Å². The standard InChI is InChI=1S/C31H56O4/c32-25-29(33)26-35-31(34)24-15-13-11-9-7-5-3-1-2-4-6-8-10-12-14-19-27-21-18-22-28-20-16-17-23-30(27)28/h1,3,27-30,32-33H,2,4-26H2/b3-1-. The number of hydrogen-bond acceptors (Lipinski definition) is 4. The van der Waals surface area contributed by atoms with Gasteiger partial charge in [-0.25, -0.2) is 0 Å². The molecule has 0 aromatic heterocycles. The van der Waals surface area contributed by atoms with Crippen molar-refractivity contribution in [1.82, 2.24) is 0 Å². The zero-order valence-electron chi connectivity index (χ0n) is 22.6. The summed E-state index contributed by atoms with van der Waals surface area (Å²) < 4.78 is 4.90. The zero-order valence-corrected chi connectivity index (χ0v) is 22.6. The highest BCUT2D eigenvalue weighted by molar-refractivity contribution is 5.69. The molecule has 2 N–H and O–H groups in total. The Morgan fingerprint density at radius 2 is 1.37 bits per heavy atom. The molecule has 4 atom stereocenters. The summed E-state index contributed by atoms with van der Waals surface area (Å²) in [6.45, 7) is -0.481. The van der Waals surface area contributed by atoms with Gasteiger partial charge in [-0.15, -0.1) is 0 Å². The summed E-state index contributed by atoms with van der Waals surface area (Å²) in [5, 5.41) is 17.8. The fraction of sp³-hybridized carbons (Fsp3) is 0.903. The van der Waals surface area contributed by atoms with Gasteiger partial charge in [0.05, 0.1) is 6.61 Å². The Morgan fingerprint density at radius 1 is 0.771 bits per heavy atom. The van der Waals surface area contributed by atoms with Gasteiger partial charge in [-0.05, 0) is 56.3 Å². The summed E-state index contributed by atoms with van der Waals surface area (Å²) >= 11 is 0. The van der Waals surface area contributed by atoms with Crippen LogP contribution in [-0.4, -0.2) is 35.5 Å². The van der Waals surface area contributed by atoms with Crippen molar-refractivity contribution in [3.63, 3.8) is 0 Å². The number of aliphatic hydroxyl groups is 2. The summed E-state index contributed by atoms with van der Waals surface area (Å²) in [6, 6.07) is 0. The molecule has 204 valence electrons. The third-order valence-corrected chi connectivity index (χ3v) is 8.48. The first-order chi connectivity index (χ1) is 17.2. The average molecular weight is 493 g/mol. The number of ether oxygens (including phenoxy) is 1. The molecule has 0 aromatic rings. The fourth-order valence-electron chi connectivity index (χ4n) is 6.42. The molecule has 0 bridgehead atoms. The van der Waals surface area contributed by atoms with Crippen molar-refractivity contribution in [2.45, 2.75) is 147 Å². The lowest BCUT2D eigenvalue weighted by atomic mass is 9.64. The molecule has 2 aliphatic rings. The average Bonchev–Trinajstić information content (AvgIpc) is 2.89. The predicted octanol–water partition coefficient (Wildman–Crippen LogP) is 7.90. The van der Waals surface area contributed by atoms with E-state index in [0.717, 1.165) is 37.0 Å². The van der Waals surface area contributed by atoms with Gasteiger partial charge in [0.15, 0.2) is 0 Å². The molecule has 4 heteroatoms. The predicted molar refractivity (Wildman–Crippen MR) is 145 cm³/mol. The van der Waals surface area contributed by atoms with E-state index in [0.29, 0.717) is 6.42 Å². The molecule has 0 radical (unpaired) electrons. The Kier molecular flexibility index (Phi) is 17.5. The van der Waals surface area contributed by atoms with Crippen LogP contribution >= 0.6 is 0 Å². The Labute approximate surface area is 216 Å². The van der Waals surface area contributed by atoms with Gasteiger partial charge in [0, 0.05) is 6.42 Å². The van der Waals surface area contributed by atoms with Gasteiger partial charge in [-0.2, -0.15) is 0 Å². The van der Waals surface area contributed by atoms with Gasteiger partial charge in [-0.1, -0.05) is 108 Å². The maximum Gasteiger partial charge on any atom is 0.305 e. The summed E-state index contributed by atoms with van der Waals surface area (Å²) in [5.74, 6) is 2.98. The second kappa shape index (κ2) is 20.2. The molecule has 0 spiro atoms. The van der Waals surface area contributed by atoms with E-state index < -0.39 is 6.10 Å². The molecule has 2 rings (SSSR count). The van der Waals surface area contributed by atoms with Crippen molar-refractivity contribution < 1.29 is 19.7 Å². The molecule has 35 heavy (non-hydrogen) atoms. The number of carbonyl (C=O) groups is 1. The number of esters is 1. The van der Waals surface area contributed by atoms with Gasteiger partial charge < -0.3 is 14.9 Å². The van der Waals surface area contributed by atoms with Gasteiger partial charge in [0.1, 0.15) is 12.7 Å². The number of carbonyl (C=O) groups excluding carboxylic acids is 1. The van der Waals surface area contributed by atoms with E-state index >= 15 is 0 Å². The molecule has 0 aliphatic heterocycles. The highest BCUT2D eigenvalue weighted by atomic mass is 16.5. The van der Waals surface area contributed by atoms with E-state index in [4.69, 9.17) is 14.9 Å². The lowest BCUT2D eigenvalue weighted by Crippen LogP contribution is -2.30. The Morgan fingerprint density at radius 3 is 2.09 bits per heavy atom. The number of allylic oxidation sites excluding steroid dienone is 2. The first-order valence-corrected chi connectivity index (χ1v) is 15.3. The van der Waals surface area contributed by atoms with Crippen molar-refractivity contribution in [1.29, 1.82) is 0 Å². The summed E-state index contributed by atoms with van der Waals surface area (Å²) in [4.78, 5) is 11.5. The fourth-order valence-corrected chi connectivity index (χ4v) is 6.42.